The van der Waals surface area contributed by atoms with Gasteiger partial charge in [-0.2, -0.15) is 0 Å². The summed E-state index contributed by atoms with van der Waals surface area (Å²) in [5.74, 6) is -0.577. The van der Waals surface area contributed by atoms with Gasteiger partial charge in [0.05, 0.1) is 5.03 Å². The summed E-state index contributed by atoms with van der Waals surface area (Å²) in [7, 11) is 0. The molecule has 1 aliphatic heterocycles. The van der Waals surface area contributed by atoms with Crippen molar-refractivity contribution in [2.75, 3.05) is 0 Å². The molecule has 0 spiro atoms. The van der Waals surface area contributed by atoms with Crippen molar-refractivity contribution in [2.24, 2.45) is 0 Å². The minimum absolute atomic E-state index is 0.0402. The SMILES string of the molecule is C=CCn1c(C)c(C2OC(=O)C(Cl)=C2Cl)c2ccccc21. The number of hydrogen-bond acceptors (Lipinski definition) is 2. The number of cyclic esters (lactones) is 1. The highest BCUT2D eigenvalue weighted by Gasteiger charge is 2.36. The van der Waals surface area contributed by atoms with E-state index in [1.165, 1.54) is 0 Å². The van der Waals surface area contributed by atoms with Crippen LogP contribution in [0, 0.1) is 6.92 Å². The van der Waals surface area contributed by atoms with E-state index in [-0.39, 0.29) is 10.1 Å². The molecule has 0 fully saturated rings. The number of nitrogens with zero attached hydrogens (tertiary/aromatic N) is 1. The zero-order valence-corrected chi connectivity index (χ0v) is 12.9. The Balaban J connectivity index is 2.27. The second-order valence-electron chi connectivity index (χ2n) is 4.86. The number of benzene rings is 1. The van der Waals surface area contributed by atoms with E-state index in [0.29, 0.717) is 6.54 Å². The number of halogens is 2. The van der Waals surface area contributed by atoms with Crippen LogP contribution in [0.3, 0.4) is 0 Å². The Labute approximate surface area is 132 Å². The highest BCUT2D eigenvalue weighted by molar-refractivity contribution is 6.48. The Morgan fingerprint density at radius 3 is 2.71 bits per heavy atom. The molecular formula is C16H13Cl2NO2. The van der Waals surface area contributed by atoms with Crippen LogP contribution in [0.4, 0.5) is 0 Å². The Hall–Kier alpha value is -1.71. The zero-order valence-electron chi connectivity index (χ0n) is 11.4. The molecule has 108 valence electrons. The van der Waals surface area contributed by atoms with Gasteiger partial charge in [-0.1, -0.05) is 47.5 Å². The monoisotopic (exact) mass is 321 g/mol. The van der Waals surface area contributed by atoms with Gasteiger partial charge in [-0.25, -0.2) is 4.79 Å². The Kier molecular flexibility index (Phi) is 3.56. The van der Waals surface area contributed by atoms with E-state index < -0.39 is 12.1 Å². The summed E-state index contributed by atoms with van der Waals surface area (Å²) in [5, 5.41) is 1.20. The minimum atomic E-state index is -0.636. The summed E-state index contributed by atoms with van der Waals surface area (Å²) in [4.78, 5) is 11.6. The van der Waals surface area contributed by atoms with Crippen LogP contribution in [-0.4, -0.2) is 10.5 Å². The number of aromatic nitrogens is 1. The number of hydrogen-bond donors (Lipinski definition) is 0. The van der Waals surface area contributed by atoms with Crippen LogP contribution >= 0.6 is 23.2 Å². The second-order valence-corrected chi connectivity index (χ2v) is 5.65. The lowest BCUT2D eigenvalue weighted by Crippen LogP contribution is -2.05. The van der Waals surface area contributed by atoms with E-state index in [1.54, 1.807) is 0 Å². The topological polar surface area (TPSA) is 31.2 Å². The van der Waals surface area contributed by atoms with E-state index in [0.717, 1.165) is 22.2 Å². The maximum atomic E-state index is 11.6. The maximum Gasteiger partial charge on any atom is 0.352 e. The fourth-order valence-electron chi connectivity index (χ4n) is 2.76. The summed E-state index contributed by atoms with van der Waals surface area (Å²) in [6.45, 7) is 6.43. The summed E-state index contributed by atoms with van der Waals surface area (Å²) in [6, 6.07) is 7.92. The van der Waals surface area contributed by atoms with Crippen LogP contribution in [-0.2, 0) is 16.1 Å². The highest BCUT2D eigenvalue weighted by atomic mass is 35.5. The van der Waals surface area contributed by atoms with Gasteiger partial charge in [0.1, 0.15) is 5.03 Å². The lowest BCUT2D eigenvalue weighted by Gasteiger charge is -2.12. The summed E-state index contributed by atoms with van der Waals surface area (Å²) < 4.78 is 7.45. The molecule has 1 aromatic carbocycles. The molecule has 21 heavy (non-hydrogen) atoms. The fourth-order valence-corrected chi connectivity index (χ4v) is 3.14. The lowest BCUT2D eigenvalue weighted by atomic mass is 10.1. The van der Waals surface area contributed by atoms with E-state index in [2.05, 4.69) is 11.1 Å². The summed E-state index contributed by atoms with van der Waals surface area (Å²) in [5.41, 5.74) is 2.91. The summed E-state index contributed by atoms with van der Waals surface area (Å²) >= 11 is 12.1. The second kappa shape index (κ2) is 5.24. The molecular weight excluding hydrogens is 309 g/mol. The Morgan fingerprint density at radius 2 is 2.10 bits per heavy atom. The smallest absolute Gasteiger partial charge is 0.352 e. The Morgan fingerprint density at radius 1 is 1.38 bits per heavy atom. The predicted octanol–water partition coefficient (Wildman–Crippen LogP) is 4.42. The molecule has 3 rings (SSSR count). The van der Waals surface area contributed by atoms with Crippen LogP contribution in [0.1, 0.15) is 17.4 Å². The molecule has 0 saturated carbocycles. The first-order chi connectivity index (χ1) is 10.1. The van der Waals surface area contributed by atoms with Crippen LogP contribution in [0.15, 0.2) is 47.0 Å². The number of ether oxygens (including phenoxy) is 1. The molecule has 0 bridgehead atoms. The van der Waals surface area contributed by atoms with Gasteiger partial charge in [0.15, 0.2) is 6.10 Å². The third kappa shape index (κ3) is 2.08. The van der Waals surface area contributed by atoms with Gasteiger partial charge < -0.3 is 9.30 Å². The lowest BCUT2D eigenvalue weighted by molar-refractivity contribution is -0.139. The first-order valence-electron chi connectivity index (χ1n) is 6.51. The third-order valence-electron chi connectivity index (χ3n) is 3.70. The molecule has 1 aromatic heterocycles. The number of rotatable bonds is 3. The van der Waals surface area contributed by atoms with E-state index >= 15 is 0 Å². The molecule has 1 unspecified atom stereocenters. The van der Waals surface area contributed by atoms with Gasteiger partial charge in [-0.05, 0) is 13.0 Å². The van der Waals surface area contributed by atoms with Gasteiger partial charge in [-0.3, -0.25) is 0 Å². The molecule has 1 aliphatic rings. The highest BCUT2D eigenvalue weighted by Crippen LogP contribution is 2.43. The van der Waals surface area contributed by atoms with E-state index in [9.17, 15) is 4.79 Å². The van der Waals surface area contributed by atoms with Crippen molar-refractivity contribution < 1.29 is 9.53 Å². The van der Waals surface area contributed by atoms with Crippen LogP contribution < -0.4 is 0 Å². The minimum Gasteiger partial charge on any atom is -0.447 e. The van der Waals surface area contributed by atoms with E-state index in [4.69, 9.17) is 27.9 Å². The molecule has 2 heterocycles. The molecule has 5 heteroatoms. The van der Waals surface area contributed by atoms with Crippen molar-refractivity contribution in [1.82, 2.24) is 4.57 Å². The number of esters is 1. The number of para-hydroxylation sites is 1. The van der Waals surface area contributed by atoms with Crippen LogP contribution in [0.2, 0.25) is 0 Å². The standard InChI is InChI=1S/C16H13Cl2NO2/c1-3-8-19-9(2)12(10-6-4-5-7-11(10)19)15-13(17)14(18)16(20)21-15/h3-7,15H,1,8H2,2H3. The average Bonchev–Trinajstić information content (AvgIpc) is 2.89. The quantitative estimate of drug-likeness (QED) is 0.619. The van der Waals surface area contributed by atoms with Crippen molar-refractivity contribution in [2.45, 2.75) is 19.6 Å². The molecule has 0 radical (unpaired) electrons. The average molecular weight is 322 g/mol. The van der Waals surface area contributed by atoms with Crippen LogP contribution in [0.25, 0.3) is 10.9 Å². The zero-order chi connectivity index (χ0) is 15.1. The van der Waals surface area contributed by atoms with Gasteiger partial charge in [-0.15, -0.1) is 6.58 Å². The van der Waals surface area contributed by atoms with Gasteiger partial charge >= 0.3 is 5.97 Å². The van der Waals surface area contributed by atoms with E-state index in [1.807, 2.05) is 37.3 Å². The molecule has 2 aromatic rings. The number of fused-ring (bicyclic) bond motifs is 1. The number of carbonyl (C=O) groups excluding carboxylic acids is 1. The predicted molar refractivity (Wildman–Crippen MR) is 84.4 cm³/mol. The van der Waals surface area contributed by atoms with Gasteiger partial charge in [0, 0.05) is 28.7 Å². The fraction of sp³-hybridized carbons (Fsp3) is 0.188. The van der Waals surface area contributed by atoms with Crippen molar-refractivity contribution in [1.29, 1.82) is 0 Å². The molecule has 0 saturated heterocycles. The molecule has 0 amide bonds. The molecule has 0 N–H and O–H groups in total. The first-order valence-corrected chi connectivity index (χ1v) is 7.26. The molecule has 1 atom stereocenters. The van der Waals surface area contributed by atoms with Crippen molar-refractivity contribution in [3.63, 3.8) is 0 Å². The normalized spacial score (nSPS) is 18.4. The Bertz CT molecular complexity index is 789. The van der Waals surface area contributed by atoms with Crippen molar-refractivity contribution in [3.8, 4) is 0 Å². The van der Waals surface area contributed by atoms with Crippen molar-refractivity contribution in [3.05, 3.63) is 58.2 Å². The molecule has 0 aliphatic carbocycles. The van der Waals surface area contributed by atoms with Crippen LogP contribution in [0.5, 0.6) is 0 Å². The third-order valence-corrected chi connectivity index (χ3v) is 4.54. The largest absolute Gasteiger partial charge is 0.447 e. The number of allylic oxidation sites excluding steroid dienone is 1. The maximum absolute atomic E-state index is 11.6. The first kappa shape index (κ1) is 14.2. The van der Waals surface area contributed by atoms with Crippen molar-refractivity contribution >= 4 is 40.1 Å². The molecule has 3 nitrogen and oxygen atoms in total. The summed E-state index contributed by atoms with van der Waals surface area (Å²) in [6.07, 6.45) is 1.19. The van der Waals surface area contributed by atoms with Gasteiger partial charge in [0.25, 0.3) is 0 Å². The number of carbonyl (C=O) groups is 1. The van der Waals surface area contributed by atoms with Gasteiger partial charge in [0.2, 0.25) is 0 Å².